The number of benzene rings is 1. The Bertz CT molecular complexity index is 264. The molecule has 0 N–H and O–H groups in total. The zero-order valence-corrected chi connectivity index (χ0v) is 6.86. The lowest BCUT2D eigenvalue weighted by Gasteiger charge is -1.93. The molecule has 0 saturated heterocycles. The van der Waals surface area contributed by atoms with E-state index in [1.165, 1.54) is 0 Å². The molecule has 0 aromatic heterocycles. The second-order valence-corrected chi connectivity index (χ2v) is 3.82. The van der Waals surface area contributed by atoms with Crippen molar-refractivity contribution in [2.24, 2.45) is 0 Å². The Hall–Kier alpha value is -0.760. The predicted octanol–water partition coefficient (Wildman–Crippen LogP) is 1.90. The number of hydrogen-bond acceptors (Lipinski definition) is 1. The molecule has 55 valence electrons. The smallest absolute Gasteiger partial charge is 0.0612 e. The summed E-state index contributed by atoms with van der Waals surface area (Å²) in [6.45, 7) is 0. The first kappa shape index (κ1) is 6.92. The normalized spacial score (nSPS) is 19.3. The van der Waals surface area contributed by atoms with E-state index in [4.69, 9.17) is 0 Å². The molecule has 0 spiro atoms. The summed E-state index contributed by atoms with van der Waals surface area (Å²) in [5.41, 5.74) is 1.14. The van der Waals surface area contributed by atoms with Crippen molar-refractivity contribution in [2.45, 2.75) is 17.6 Å². The van der Waals surface area contributed by atoms with Gasteiger partial charge in [-0.1, -0.05) is 18.2 Å². The maximum Gasteiger partial charge on any atom is 0.470 e. The Kier molecular flexibility index (Phi) is 1.50. The van der Waals surface area contributed by atoms with Crippen molar-refractivity contribution >= 4 is 11.7 Å². The third-order valence-corrected chi connectivity index (χ3v) is 3.06. The van der Waals surface area contributed by atoms with Gasteiger partial charge in [-0.05, 0) is 12.1 Å². The molecule has 2 heteroatoms. The molecule has 1 fully saturated rings. The van der Waals surface area contributed by atoms with E-state index in [1.54, 1.807) is 0 Å². The minimum absolute atomic E-state index is 0.0856. The van der Waals surface area contributed by atoms with E-state index in [2.05, 4.69) is 6.07 Å². The number of hydrogen-bond donors (Lipinski definition) is 0. The van der Waals surface area contributed by atoms with Gasteiger partial charge in [-0.15, -0.1) is 0 Å². The van der Waals surface area contributed by atoms with Crippen LogP contribution < -0.4 is 0 Å². The van der Waals surface area contributed by atoms with Gasteiger partial charge in [-0.25, -0.2) is 0 Å². The lowest BCUT2D eigenvalue weighted by molar-refractivity contribution is 0.598. The number of rotatable bonds is 2. The zero-order valence-electron chi connectivity index (χ0n) is 6.04. The van der Waals surface area contributed by atoms with E-state index in [1.807, 2.05) is 24.3 Å². The monoisotopic (exact) mass is 164 g/mol. The predicted molar refractivity (Wildman–Crippen MR) is 44.2 cm³/mol. The molecule has 2 rings (SSSR count). The molecule has 1 radical (unpaired) electrons. The first-order chi connectivity index (χ1) is 5.37. The molecule has 0 atom stereocenters. The maximum absolute atomic E-state index is 10.7. The highest BCUT2D eigenvalue weighted by Crippen LogP contribution is 2.47. The fourth-order valence-corrected chi connectivity index (χ4v) is 1.70. The summed E-state index contributed by atoms with van der Waals surface area (Å²) in [5, 5.41) is 0. The first-order valence-corrected chi connectivity index (χ1v) is 4.39. The van der Waals surface area contributed by atoms with Gasteiger partial charge in [0.25, 0.3) is 4.75 Å². The quantitative estimate of drug-likeness (QED) is 0.610. The Balaban J connectivity index is 2.37. The molecule has 0 amide bonds. The van der Waals surface area contributed by atoms with Crippen LogP contribution in [-0.4, -0.2) is 0 Å². The summed E-state index contributed by atoms with van der Waals surface area (Å²) in [6, 6.07) is 10.7. The van der Waals surface area contributed by atoms with Crippen LogP contribution in [0.5, 0.6) is 0 Å². The molecule has 1 aliphatic carbocycles. The Morgan fingerprint density at radius 3 is 2.82 bits per heavy atom. The molecular weight excluding hydrogens is 156 g/mol. The highest BCUT2D eigenvalue weighted by molar-refractivity contribution is 7.67. The largest absolute Gasteiger partial charge is 0.470 e. The van der Waals surface area contributed by atoms with Crippen LogP contribution in [0.15, 0.2) is 24.3 Å². The molecule has 0 aliphatic heterocycles. The molecular formula is C9H8OS+. The minimum Gasteiger partial charge on any atom is -0.0612 e. The molecule has 0 bridgehead atoms. The van der Waals surface area contributed by atoms with Gasteiger partial charge in [-0.3, -0.25) is 0 Å². The molecule has 0 heterocycles. The van der Waals surface area contributed by atoms with Gasteiger partial charge < -0.3 is 0 Å². The Labute approximate surface area is 69.9 Å². The van der Waals surface area contributed by atoms with E-state index >= 15 is 0 Å². The first-order valence-electron chi connectivity index (χ1n) is 3.65. The Morgan fingerprint density at radius 2 is 2.36 bits per heavy atom. The van der Waals surface area contributed by atoms with Crippen molar-refractivity contribution in [3.63, 3.8) is 0 Å². The fraction of sp³-hybridized carbons (Fsp3) is 0.333. The Morgan fingerprint density at radius 1 is 1.55 bits per heavy atom. The molecule has 11 heavy (non-hydrogen) atoms. The van der Waals surface area contributed by atoms with Crippen LogP contribution in [0.4, 0.5) is 0 Å². The van der Waals surface area contributed by atoms with Gasteiger partial charge in [0.05, 0.1) is 0 Å². The SMILES string of the molecule is O=[S+]C1(c2c[c]ccc2)CC1. The molecule has 1 saturated carbocycles. The van der Waals surface area contributed by atoms with Crippen LogP contribution in [0.25, 0.3) is 0 Å². The van der Waals surface area contributed by atoms with Crippen molar-refractivity contribution < 1.29 is 4.21 Å². The second kappa shape index (κ2) is 2.38. The van der Waals surface area contributed by atoms with Crippen LogP contribution in [0.3, 0.4) is 0 Å². The highest BCUT2D eigenvalue weighted by Gasteiger charge is 2.58. The lowest BCUT2D eigenvalue weighted by atomic mass is 10.1. The minimum atomic E-state index is -0.0856. The average Bonchev–Trinajstić information content (AvgIpc) is 2.86. The van der Waals surface area contributed by atoms with Crippen LogP contribution in [-0.2, 0) is 20.6 Å². The van der Waals surface area contributed by atoms with Gasteiger partial charge in [-0.2, -0.15) is 0 Å². The van der Waals surface area contributed by atoms with Crippen molar-refractivity contribution in [3.05, 3.63) is 35.9 Å². The van der Waals surface area contributed by atoms with Crippen molar-refractivity contribution in [3.8, 4) is 0 Å². The van der Waals surface area contributed by atoms with E-state index in [0.29, 0.717) is 0 Å². The summed E-state index contributed by atoms with van der Waals surface area (Å²) in [4.78, 5) is 0. The summed E-state index contributed by atoms with van der Waals surface area (Å²) in [6.07, 6.45) is 2.05. The standard InChI is InChI=1S/C9H8OS/c10-11-9(6-7-9)8-4-2-1-3-5-8/h1-2,4-5H,6-7H2/q+1. The fourth-order valence-electron chi connectivity index (χ4n) is 1.21. The molecule has 0 unspecified atom stereocenters. The molecule has 1 aromatic rings. The van der Waals surface area contributed by atoms with Gasteiger partial charge >= 0.3 is 11.7 Å². The van der Waals surface area contributed by atoms with Crippen LogP contribution in [0.2, 0.25) is 0 Å². The third kappa shape index (κ3) is 1.07. The van der Waals surface area contributed by atoms with Crippen molar-refractivity contribution in [1.82, 2.24) is 0 Å². The third-order valence-electron chi connectivity index (χ3n) is 2.10. The van der Waals surface area contributed by atoms with Crippen molar-refractivity contribution in [2.75, 3.05) is 0 Å². The summed E-state index contributed by atoms with van der Waals surface area (Å²) in [5.74, 6) is 0. The van der Waals surface area contributed by atoms with Crippen LogP contribution >= 0.6 is 0 Å². The highest BCUT2D eigenvalue weighted by atomic mass is 32.1. The van der Waals surface area contributed by atoms with Gasteiger partial charge in [0.15, 0.2) is 0 Å². The van der Waals surface area contributed by atoms with Gasteiger partial charge in [0.2, 0.25) is 0 Å². The summed E-state index contributed by atoms with van der Waals surface area (Å²) < 4.78 is 10.6. The lowest BCUT2D eigenvalue weighted by Crippen LogP contribution is -2.02. The maximum atomic E-state index is 10.7. The van der Waals surface area contributed by atoms with Crippen LogP contribution in [0, 0.1) is 6.07 Å². The van der Waals surface area contributed by atoms with Crippen molar-refractivity contribution in [1.29, 1.82) is 0 Å². The summed E-state index contributed by atoms with van der Waals surface area (Å²) in [7, 11) is 0. The van der Waals surface area contributed by atoms with E-state index in [9.17, 15) is 4.21 Å². The molecule has 1 nitrogen and oxygen atoms in total. The van der Waals surface area contributed by atoms with Gasteiger partial charge in [0, 0.05) is 22.6 Å². The molecule has 1 aromatic carbocycles. The van der Waals surface area contributed by atoms with E-state index in [-0.39, 0.29) is 4.75 Å². The van der Waals surface area contributed by atoms with Gasteiger partial charge in [0.1, 0.15) is 0 Å². The van der Waals surface area contributed by atoms with E-state index < -0.39 is 0 Å². The summed E-state index contributed by atoms with van der Waals surface area (Å²) >= 11 is 0.721. The average molecular weight is 164 g/mol. The molecule has 1 aliphatic rings. The zero-order chi connectivity index (χ0) is 7.73. The second-order valence-electron chi connectivity index (χ2n) is 2.87. The topological polar surface area (TPSA) is 17.1 Å². The van der Waals surface area contributed by atoms with E-state index in [0.717, 1.165) is 30.1 Å². The van der Waals surface area contributed by atoms with Crippen LogP contribution in [0.1, 0.15) is 18.4 Å².